The van der Waals surface area contributed by atoms with Gasteiger partial charge >= 0.3 is 0 Å². The van der Waals surface area contributed by atoms with Crippen molar-refractivity contribution in [3.05, 3.63) is 40.8 Å². The number of aryl methyl sites for hydroxylation is 1. The van der Waals surface area contributed by atoms with E-state index >= 15 is 0 Å². The second kappa shape index (κ2) is 7.23. The third-order valence-electron chi connectivity index (χ3n) is 4.27. The highest BCUT2D eigenvalue weighted by Crippen LogP contribution is 2.27. The molecule has 1 aromatic carbocycles. The van der Waals surface area contributed by atoms with Gasteiger partial charge in [-0.15, -0.1) is 0 Å². The topological polar surface area (TPSA) is 46.2 Å². The summed E-state index contributed by atoms with van der Waals surface area (Å²) in [4.78, 5) is 0. The van der Waals surface area contributed by atoms with Gasteiger partial charge in [-0.25, -0.2) is 13.1 Å². The lowest BCUT2D eigenvalue weighted by Gasteiger charge is -2.30. The standard InChI is InChI=1S/C17H25NO2S/c1-3-16-6-4-5-7-17(16)18-21(19,20)13-12-15-10-8-14(2)9-11-15/h8-13,16-18H,3-7H2,1-2H3/b13-12+. The molecular weight excluding hydrogens is 282 g/mol. The second-order valence-electron chi connectivity index (χ2n) is 5.94. The number of rotatable bonds is 5. The molecule has 21 heavy (non-hydrogen) atoms. The van der Waals surface area contributed by atoms with Gasteiger partial charge in [-0.2, -0.15) is 0 Å². The van der Waals surface area contributed by atoms with E-state index in [4.69, 9.17) is 0 Å². The average Bonchev–Trinajstić information content (AvgIpc) is 2.47. The van der Waals surface area contributed by atoms with Crippen LogP contribution in [-0.4, -0.2) is 14.5 Å². The summed E-state index contributed by atoms with van der Waals surface area (Å²) in [6.45, 7) is 4.15. The third kappa shape index (κ3) is 4.97. The van der Waals surface area contributed by atoms with Crippen LogP contribution in [0, 0.1) is 12.8 Å². The smallest absolute Gasteiger partial charge is 0.208 e. The lowest BCUT2D eigenvalue weighted by molar-refractivity contribution is 0.283. The Morgan fingerprint density at radius 3 is 2.52 bits per heavy atom. The van der Waals surface area contributed by atoms with Crippen LogP contribution in [0.1, 0.15) is 50.2 Å². The molecule has 1 saturated carbocycles. The van der Waals surface area contributed by atoms with Crippen molar-refractivity contribution in [2.24, 2.45) is 5.92 Å². The van der Waals surface area contributed by atoms with Crippen LogP contribution in [-0.2, 0) is 10.0 Å². The van der Waals surface area contributed by atoms with Crippen LogP contribution in [0.3, 0.4) is 0 Å². The molecule has 0 saturated heterocycles. The highest BCUT2D eigenvalue weighted by molar-refractivity contribution is 7.92. The van der Waals surface area contributed by atoms with Crippen molar-refractivity contribution in [1.82, 2.24) is 4.72 Å². The molecule has 1 aliphatic carbocycles. The summed E-state index contributed by atoms with van der Waals surface area (Å²) < 4.78 is 27.3. The first-order valence-electron chi connectivity index (χ1n) is 7.77. The molecule has 0 bridgehead atoms. The summed E-state index contributed by atoms with van der Waals surface area (Å²) >= 11 is 0. The predicted octanol–water partition coefficient (Wildman–Crippen LogP) is 3.85. The molecule has 2 atom stereocenters. The Hall–Kier alpha value is -1.13. The van der Waals surface area contributed by atoms with E-state index in [0.29, 0.717) is 5.92 Å². The summed E-state index contributed by atoms with van der Waals surface area (Å²) in [6.07, 6.45) is 7.11. The molecule has 1 aromatic rings. The molecule has 0 aliphatic heterocycles. The van der Waals surface area contributed by atoms with Crippen LogP contribution in [0.25, 0.3) is 6.08 Å². The van der Waals surface area contributed by atoms with Crippen LogP contribution < -0.4 is 4.72 Å². The van der Waals surface area contributed by atoms with Crippen molar-refractivity contribution < 1.29 is 8.42 Å². The van der Waals surface area contributed by atoms with Crippen molar-refractivity contribution in [3.8, 4) is 0 Å². The van der Waals surface area contributed by atoms with Gasteiger partial charge in [-0.1, -0.05) is 56.0 Å². The van der Waals surface area contributed by atoms with Crippen molar-refractivity contribution in [2.75, 3.05) is 0 Å². The summed E-state index contributed by atoms with van der Waals surface area (Å²) in [5, 5.41) is 1.29. The van der Waals surface area contributed by atoms with Gasteiger partial charge in [0.2, 0.25) is 10.0 Å². The minimum Gasteiger partial charge on any atom is -0.208 e. The Bertz CT molecular complexity index is 575. The van der Waals surface area contributed by atoms with Gasteiger partial charge < -0.3 is 0 Å². The summed E-state index contributed by atoms with van der Waals surface area (Å²) in [5.41, 5.74) is 2.07. The monoisotopic (exact) mass is 307 g/mol. The van der Waals surface area contributed by atoms with Crippen LogP contribution in [0.2, 0.25) is 0 Å². The molecule has 1 aliphatic rings. The average molecular weight is 307 g/mol. The molecule has 0 heterocycles. The lowest BCUT2D eigenvalue weighted by Crippen LogP contribution is -2.40. The van der Waals surface area contributed by atoms with E-state index in [1.54, 1.807) is 6.08 Å². The van der Waals surface area contributed by atoms with E-state index in [1.807, 2.05) is 31.2 Å². The Labute approximate surface area is 128 Å². The predicted molar refractivity (Wildman–Crippen MR) is 88.3 cm³/mol. The fourth-order valence-corrected chi connectivity index (χ4v) is 4.09. The Kier molecular flexibility index (Phi) is 5.59. The van der Waals surface area contributed by atoms with E-state index < -0.39 is 10.0 Å². The van der Waals surface area contributed by atoms with E-state index in [9.17, 15) is 8.42 Å². The summed E-state index contributed by atoms with van der Waals surface area (Å²) in [5.74, 6) is 0.473. The normalized spacial score (nSPS) is 23.5. The molecule has 4 heteroatoms. The van der Waals surface area contributed by atoms with Crippen molar-refractivity contribution >= 4 is 16.1 Å². The molecule has 0 amide bonds. The van der Waals surface area contributed by atoms with Gasteiger partial charge in [0.1, 0.15) is 0 Å². The second-order valence-corrected chi connectivity index (χ2v) is 7.53. The molecular formula is C17H25NO2S. The molecule has 0 radical (unpaired) electrons. The highest BCUT2D eigenvalue weighted by Gasteiger charge is 2.26. The summed E-state index contributed by atoms with van der Waals surface area (Å²) in [6, 6.07) is 7.91. The SMILES string of the molecule is CCC1CCCCC1NS(=O)(=O)/C=C/c1ccc(C)cc1. The first kappa shape index (κ1) is 16.2. The van der Waals surface area contributed by atoms with Gasteiger partial charge in [0.05, 0.1) is 0 Å². The van der Waals surface area contributed by atoms with Gasteiger partial charge in [0.15, 0.2) is 0 Å². The van der Waals surface area contributed by atoms with E-state index in [2.05, 4.69) is 11.6 Å². The van der Waals surface area contributed by atoms with E-state index in [1.165, 1.54) is 17.4 Å². The molecule has 1 N–H and O–H groups in total. The third-order valence-corrected chi connectivity index (χ3v) is 5.39. The minimum atomic E-state index is -3.36. The number of nitrogens with one attached hydrogen (secondary N) is 1. The highest BCUT2D eigenvalue weighted by atomic mass is 32.2. The molecule has 116 valence electrons. The van der Waals surface area contributed by atoms with Gasteiger partial charge in [0.25, 0.3) is 0 Å². The van der Waals surface area contributed by atoms with Crippen molar-refractivity contribution in [2.45, 2.75) is 52.0 Å². The zero-order valence-electron chi connectivity index (χ0n) is 12.9. The maximum absolute atomic E-state index is 12.2. The van der Waals surface area contributed by atoms with Gasteiger partial charge in [-0.3, -0.25) is 0 Å². The zero-order chi connectivity index (χ0) is 15.3. The van der Waals surface area contributed by atoms with Crippen LogP contribution in [0.5, 0.6) is 0 Å². The number of sulfonamides is 1. The number of hydrogen-bond donors (Lipinski definition) is 1. The molecule has 0 spiro atoms. The molecule has 1 fully saturated rings. The number of hydrogen-bond acceptors (Lipinski definition) is 2. The molecule has 3 nitrogen and oxygen atoms in total. The fourth-order valence-electron chi connectivity index (χ4n) is 2.95. The fraction of sp³-hybridized carbons (Fsp3) is 0.529. The maximum atomic E-state index is 12.2. The number of benzene rings is 1. The molecule has 0 aromatic heterocycles. The van der Waals surface area contributed by atoms with Crippen LogP contribution >= 0.6 is 0 Å². The minimum absolute atomic E-state index is 0.0939. The Balaban J connectivity index is 2.02. The largest absolute Gasteiger partial charge is 0.233 e. The Morgan fingerprint density at radius 1 is 1.19 bits per heavy atom. The van der Waals surface area contributed by atoms with Crippen molar-refractivity contribution in [3.63, 3.8) is 0 Å². The summed E-state index contributed by atoms with van der Waals surface area (Å²) in [7, 11) is -3.36. The van der Waals surface area contributed by atoms with Crippen LogP contribution in [0.4, 0.5) is 0 Å². The van der Waals surface area contributed by atoms with Gasteiger partial charge in [0, 0.05) is 11.4 Å². The van der Waals surface area contributed by atoms with E-state index in [-0.39, 0.29) is 6.04 Å². The van der Waals surface area contributed by atoms with Crippen molar-refractivity contribution in [1.29, 1.82) is 0 Å². The first-order valence-corrected chi connectivity index (χ1v) is 9.32. The lowest BCUT2D eigenvalue weighted by atomic mass is 9.83. The zero-order valence-corrected chi connectivity index (χ0v) is 13.7. The molecule has 2 rings (SSSR count). The van der Waals surface area contributed by atoms with Gasteiger partial charge in [-0.05, 0) is 37.3 Å². The molecule has 2 unspecified atom stereocenters. The van der Waals surface area contributed by atoms with Crippen LogP contribution in [0.15, 0.2) is 29.7 Å². The quantitative estimate of drug-likeness (QED) is 0.898. The van der Waals surface area contributed by atoms with E-state index in [0.717, 1.165) is 31.2 Å². The Morgan fingerprint density at radius 2 is 1.86 bits per heavy atom. The first-order chi connectivity index (χ1) is 10.00. The maximum Gasteiger partial charge on any atom is 0.233 e.